The van der Waals surface area contributed by atoms with E-state index < -0.39 is 17.7 Å². The van der Waals surface area contributed by atoms with Crippen LogP contribution in [-0.2, 0) is 4.74 Å². The highest BCUT2D eigenvalue weighted by Crippen LogP contribution is 2.30. The van der Waals surface area contributed by atoms with Crippen LogP contribution in [0, 0.1) is 5.82 Å². The van der Waals surface area contributed by atoms with E-state index in [0.29, 0.717) is 0 Å². The van der Waals surface area contributed by atoms with Gasteiger partial charge in [0, 0.05) is 11.6 Å². The summed E-state index contributed by atoms with van der Waals surface area (Å²) in [5.41, 5.74) is 0.139. The SMILES string of the molecule is CCOc1cc(C(=O)OC)c2[nH]c(NC(=O)c3cc4ccccc4cn3)nc2c1F. The van der Waals surface area contributed by atoms with Crippen LogP contribution in [0.4, 0.5) is 10.3 Å². The van der Waals surface area contributed by atoms with Crippen molar-refractivity contribution < 1.29 is 23.5 Å². The first-order valence-electron chi connectivity index (χ1n) is 9.11. The van der Waals surface area contributed by atoms with Crippen LogP contribution in [0.15, 0.2) is 42.6 Å². The maximum Gasteiger partial charge on any atom is 0.340 e. The number of benzene rings is 2. The molecule has 0 unspecified atom stereocenters. The average molecular weight is 408 g/mol. The molecule has 30 heavy (non-hydrogen) atoms. The smallest absolute Gasteiger partial charge is 0.340 e. The maximum absolute atomic E-state index is 14.8. The van der Waals surface area contributed by atoms with Crippen LogP contribution in [0.25, 0.3) is 21.8 Å². The number of hydrogen-bond donors (Lipinski definition) is 2. The van der Waals surface area contributed by atoms with E-state index in [-0.39, 0.29) is 40.6 Å². The minimum absolute atomic E-state index is 0.0363. The Hall–Kier alpha value is -4.01. The molecule has 0 aliphatic carbocycles. The van der Waals surface area contributed by atoms with Gasteiger partial charge in [-0.25, -0.2) is 14.2 Å². The molecule has 2 N–H and O–H groups in total. The molecule has 0 saturated carbocycles. The summed E-state index contributed by atoms with van der Waals surface area (Å²) >= 11 is 0. The van der Waals surface area contributed by atoms with E-state index in [0.717, 1.165) is 10.8 Å². The molecule has 2 heterocycles. The third kappa shape index (κ3) is 3.41. The molecule has 4 aromatic rings. The number of aromatic nitrogens is 3. The monoisotopic (exact) mass is 408 g/mol. The van der Waals surface area contributed by atoms with E-state index in [1.165, 1.54) is 13.2 Å². The van der Waals surface area contributed by atoms with Crippen molar-refractivity contribution in [3.05, 3.63) is 59.7 Å². The van der Waals surface area contributed by atoms with E-state index in [1.807, 2.05) is 24.3 Å². The number of rotatable bonds is 5. The Balaban J connectivity index is 1.72. The topological polar surface area (TPSA) is 106 Å². The standard InChI is InChI=1S/C21H17FN4O4/c1-3-30-15-9-13(20(28)29-2)17-18(16(15)22)25-21(24-17)26-19(27)14-8-11-6-4-5-7-12(11)10-23-14/h4-10H,3H2,1-2H3,(H2,24,25,26,27). The Morgan fingerprint density at radius 3 is 2.70 bits per heavy atom. The number of carbonyl (C=O) groups excluding carboxylic acids is 2. The molecule has 152 valence electrons. The molecule has 0 fully saturated rings. The molecule has 1 amide bonds. The number of H-pyrrole nitrogens is 1. The number of esters is 1. The lowest BCUT2D eigenvalue weighted by molar-refractivity contribution is 0.0602. The molecule has 2 aromatic heterocycles. The molecule has 0 bridgehead atoms. The van der Waals surface area contributed by atoms with Crippen LogP contribution >= 0.6 is 0 Å². The van der Waals surface area contributed by atoms with Crippen LogP contribution in [0.2, 0.25) is 0 Å². The first-order chi connectivity index (χ1) is 14.5. The molecule has 2 aromatic carbocycles. The normalized spacial score (nSPS) is 10.9. The Bertz CT molecular complexity index is 1280. The Morgan fingerprint density at radius 2 is 1.97 bits per heavy atom. The maximum atomic E-state index is 14.8. The van der Waals surface area contributed by atoms with Gasteiger partial charge in [-0.05, 0) is 24.4 Å². The molecule has 0 aliphatic rings. The number of pyridine rings is 1. The Labute approximate surface area is 170 Å². The predicted octanol–water partition coefficient (Wildman–Crippen LogP) is 3.69. The largest absolute Gasteiger partial charge is 0.491 e. The fraction of sp³-hybridized carbons (Fsp3) is 0.143. The lowest BCUT2D eigenvalue weighted by Crippen LogP contribution is -2.14. The second-order valence-corrected chi connectivity index (χ2v) is 6.34. The highest BCUT2D eigenvalue weighted by Gasteiger charge is 2.22. The van der Waals surface area contributed by atoms with Gasteiger partial charge in [-0.2, -0.15) is 0 Å². The summed E-state index contributed by atoms with van der Waals surface area (Å²) in [6.45, 7) is 1.89. The van der Waals surface area contributed by atoms with E-state index in [4.69, 9.17) is 9.47 Å². The van der Waals surface area contributed by atoms with Crippen LogP contribution in [-0.4, -0.2) is 40.5 Å². The van der Waals surface area contributed by atoms with Gasteiger partial charge in [0.1, 0.15) is 11.2 Å². The highest BCUT2D eigenvalue weighted by molar-refractivity contribution is 6.06. The summed E-state index contributed by atoms with van der Waals surface area (Å²) in [4.78, 5) is 35.7. The minimum atomic E-state index is -0.750. The highest BCUT2D eigenvalue weighted by atomic mass is 19.1. The number of hydrogen-bond acceptors (Lipinski definition) is 6. The molecule has 0 saturated heterocycles. The number of anilines is 1. The molecule has 0 spiro atoms. The van der Waals surface area contributed by atoms with E-state index in [1.54, 1.807) is 19.2 Å². The number of methoxy groups -OCH3 is 1. The molecular formula is C21H17FN4O4. The summed E-state index contributed by atoms with van der Waals surface area (Å²) in [7, 11) is 1.21. The molecule has 9 heteroatoms. The van der Waals surface area contributed by atoms with Gasteiger partial charge in [-0.3, -0.25) is 15.1 Å². The number of halogens is 1. The zero-order valence-electron chi connectivity index (χ0n) is 16.2. The quantitative estimate of drug-likeness (QED) is 0.488. The van der Waals surface area contributed by atoms with Crippen molar-refractivity contribution in [3.8, 4) is 5.75 Å². The number of fused-ring (bicyclic) bond motifs is 2. The third-order valence-electron chi connectivity index (χ3n) is 4.47. The van der Waals surface area contributed by atoms with Gasteiger partial charge >= 0.3 is 5.97 Å². The first kappa shape index (κ1) is 19.3. The van der Waals surface area contributed by atoms with Crippen molar-refractivity contribution in [2.45, 2.75) is 6.92 Å². The van der Waals surface area contributed by atoms with Crippen molar-refractivity contribution in [1.82, 2.24) is 15.0 Å². The van der Waals surface area contributed by atoms with E-state index >= 15 is 0 Å². The third-order valence-corrected chi connectivity index (χ3v) is 4.47. The van der Waals surface area contributed by atoms with Gasteiger partial charge in [-0.1, -0.05) is 24.3 Å². The summed E-state index contributed by atoms with van der Waals surface area (Å²) < 4.78 is 24.8. The number of aromatic amines is 1. The number of amides is 1. The Kier molecular flexibility index (Phi) is 5.01. The summed E-state index contributed by atoms with van der Waals surface area (Å²) in [6.07, 6.45) is 1.59. The second kappa shape index (κ2) is 7.78. The van der Waals surface area contributed by atoms with Crippen LogP contribution in [0.5, 0.6) is 5.75 Å². The van der Waals surface area contributed by atoms with Gasteiger partial charge in [0.2, 0.25) is 5.95 Å². The molecule has 0 aliphatic heterocycles. The van der Waals surface area contributed by atoms with Crippen molar-refractivity contribution in [1.29, 1.82) is 0 Å². The summed E-state index contributed by atoms with van der Waals surface area (Å²) in [5, 5.41) is 4.29. The molecule has 0 atom stereocenters. The fourth-order valence-electron chi connectivity index (χ4n) is 3.08. The predicted molar refractivity (Wildman–Crippen MR) is 108 cm³/mol. The first-order valence-corrected chi connectivity index (χ1v) is 9.11. The van der Waals surface area contributed by atoms with Crippen LogP contribution < -0.4 is 10.1 Å². The average Bonchev–Trinajstić information content (AvgIpc) is 3.18. The number of carbonyl (C=O) groups is 2. The molecular weight excluding hydrogens is 391 g/mol. The van der Waals surface area contributed by atoms with Gasteiger partial charge in [0.05, 0.1) is 24.8 Å². The van der Waals surface area contributed by atoms with Crippen molar-refractivity contribution in [2.75, 3.05) is 19.0 Å². The van der Waals surface area contributed by atoms with Crippen molar-refractivity contribution in [3.63, 3.8) is 0 Å². The number of nitrogens with one attached hydrogen (secondary N) is 2. The number of imidazole rings is 1. The van der Waals surface area contributed by atoms with E-state index in [9.17, 15) is 14.0 Å². The van der Waals surface area contributed by atoms with Crippen molar-refractivity contribution in [2.24, 2.45) is 0 Å². The molecule has 4 rings (SSSR count). The Morgan fingerprint density at radius 1 is 1.20 bits per heavy atom. The lowest BCUT2D eigenvalue weighted by Gasteiger charge is -2.07. The van der Waals surface area contributed by atoms with Gasteiger partial charge < -0.3 is 14.5 Å². The van der Waals surface area contributed by atoms with Crippen LogP contribution in [0.3, 0.4) is 0 Å². The zero-order valence-corrected chi connectivity index (χ0v) is 16.2. The van der Waals surface area contributed by atoms with Gasteiger partial charge in [0.15, 0.2) is 11.6 Å². The minimum Gasteiger partial charge on any atom is -0.491 e. The number of nitrogens with zero attached hydrogens (tertiary/aromatic N) is 2. The molecule has 0 radical (unpaired) electrons. The summed E-state index contributed by atoms with van der Waals surface area (Å²) in [5.74, 6) is -2.16. The van der Waals surface area contributed by atoms with E-state index in [2.05, 4.69) is 20.3 Å². The second-order valence-electron chi connectivity index (χ2n) is 6.34. The summed E-state index contributed by atoms with van der Waals surface area (Å²) in [6, 6.07) is 10.4. The van der Waals surface area contributed by atoms with Gasteiger partial charge in [-0.15, -0.1) is 0 Å². The molecule has 8 nitrogen and oxygen atoms in total. The fourth-order valence-corrected chi connectivity index (χ4v) is 3.08. The number of ether oxygens (including phenoxy) is 2. The zero-order chi connectivity index (χ0) is 21.3. The lowest BCUT2D eigenvalue weighted by atomic mass is 10.1. The van der Waals surface area contributed by atoms with Crippen molar-refractivity contribution >= 4 is 39.6 Å². The van der Waals surface area contributed by atoms with Gasteiger partial charge in [0.25, 0.3) is 5.91 Å². The van der Waals surface area contributed by atoms with Crippen LogP contribution in [0.1, 0.15) is 27.8 Å².